The molecule has 1 unspecified atom stereocenters. The lowest BCUT2D eigenvalue weighted by atomic mass is 9.95. The van der Waals surface area contributed by atoms with Crippen molar-refractivity contribution in [2.75, 3.05) is 6.54 Å². The van der Waals surface area contributed by atoms with E-state index in [4.69, 9.17) is 5.11 Å². The van der Waals surface area contributed by atoms with E-state index in [1.165, 1.54) is 25.1 Å². The van der Waals surface area contributed by atoms with Crippen LogP contribution in [-0.2, 0) is 10.0 Å². The molecule has 2 N–H and O–H groups in total. The highest BCUT2D eigenvalue weighted by Gasteiger charge is 2.21. The van der Waals surface area contributed by atoms with Gasteiger partial charge in [0.05, 0.1) is 10.5 Å². The van der Waals surface area contributed by atoms with Gasteiger partial charge in [0.25, 0.3) is 0 Å². The second-order valence-corrected chi connectivity index (χ2v) is 6.97. The van der Waals surface area contributed by atoms with Gasteiger partial charge >= 0.3 is 5.97 Å². The summed E-state index contributed by atoms with van der Waals surface area (Å²) in [6.07, 6.45) is 6.98. The highest BCUT2D eigenvalue weighted by Crippen LogP contribution is 2.21. The van der Waals surface area contributed by atoms with Crippen molar-refractivity contribution in [3.63, 3.8) is 0 Å². The molecule has 0 radical (unpaired) electrons. The van der Waals surface area contributed by atoms with Crippen molar-refractivity contribution >= 4 is 16.0 Å². The molecular formula is C15H19NO4S. The standard InChI is InChI=1S/C15H19NO4S/c1-11-13(15(17)18)8-5-9-14(11)21(19,20)16-10-12-6-3-2-4-7-12/h2-3,5,8-9,12,16H,4,6-7,10H2,1H3,(H,17,18). The molecule has 0 spiro atoms. The SMILES string of the molecule is Cc1c(C(=O)O)cccc1S(=O)(=O)NCC1CC=CCC1. The highest BCUT2D eigenvalue weighted by molar-refractivity contribution is 7.89. The van der Waals surface area contributed by atoms with Crippen molar-refractivity contribution in [3.05, 3.63) is 41.5 Å². The Bertz CT molecular complexity index is 664. The van der Waals surface area contributed by atoms with Crippen LogP contribution in [0.5, 0.6) is 0 Å². The summed E-state index contributed by atoms with van der Waals surface area (Å²) in [6.45, 7) is 1.89. The van der Waals surface area contributed by atoms with Crippen LogP contribution in [0.15, 0.2) is 35.2 Å². The summed E-state index contributed by atoms with van der Waals surface area (Å²) in [6, 6.07) is 4.29. The number of sulfonamides is 1. The van der Waals surface area contributed by atoms with Crippen molar-refractivity contribution in [2.24, 2.45) is 5.92 Å². The number of aromatic carboxylic acids is 1. The lowest BCUT2D eigenvalue weighted by Gasteiger charge is -2.18. The fourth-order valence-corrected chi connectivity index (χ4v) is 3.87. The van der Waals surface area contributed by atoms with Crippen LogP contribution in [0.2, 0.25) is 0 Å². The summed E-state index contributed by atoms with van der Waals surface area (Å²) in [4.78, 5) is 11.1. The zero-order valence-corrected chi connectivity index (χ0v) is 12.7. The number of carboxylic acids is 1. The van der Waals surface area contributed by atoms with E-state index in [2.05, 4.69) is 16.9 Å². The van der Waals surface area contributed by atoms with Gasteiger partial charge < -0.3 is 5.11 Å². The molecule has 1 aromatic carbocycles. The molecule has 0 fully saturated rings. The number of allylic oxidation sites excluding steroid dienone is 2. The normalized spacial score (nSPS) is 18.6. The first-order valence-electron chi connectivity index (χ1n) is 6.89. The number of hydrogen-bond donors (Lipinski definition) is 2. The molecule has 1 atom stereocenters. The smallest absolute Gasteiger partial charge is 0.335 e. The van der Waals surface area contributed by atoms with Crippen molar-refractivity contribution in [1.29, 1.82) is 0 Å². The molecule has 21 heavy (non-hydrogen) atoms. The Labute approximate surface area is 124 Å². The predicted octanol–water partition coefficient (Wildman–Crippen LogP) is 2.33. The topological polar surface area (TPSA) is 83.5 Å². The van der Waals surface area contributed by atoms with Crippen molar-refractivity contribution in [3.8, 4) is 0 Å². The molecule has 0 aromatic heterocycles. The van der Waals surface area contributed by atoms with Crippen molar-refractivity contribution in [1.82, 2.24) is 4.72 Å². The maximum absolute atomic E-state index is 12.3. The number of hydrogen-bond acceptors (Lipinski definition) is 3. The zero-order chi connectivity index (χ0) is 15.5. The first-order valence-corrected chi connectivity index (χ1v) is 8.37. The molecular weight excluding hydrogens is 290 g/mol. The molecule has 5 nitrogen and oxygen atoms in total. The summed E-state index contributed by atoms with van der Waals surface area (Å²) in [5, 5.41) is 9.07. The Morgan fingerprint density at radius 2 is 2.14 bits per heavy atom. The van der Waals surface area contributed by atoms with Crippen LogP contribution in [0.25, 0.3) is 0 Å². The molecule has 0 aliphatic heterocycles. The van der Waals surface area contributed by atoms with Gasteiger partial charge in [-0.1, -0.05) is 18.2 Å². The van der Waals surface area contributed by atoms with Crippen LogP contribution < -0.4 is 4.72 Å². The average molecular weight is 309 g/mol. The van der Waals surface area contributed by atoms with Gasteiger partial charge in [0, 0.05) is 6.54 Å². The van der Waals surface area contributed by atoms with Gasteiger partial charge in [0.1, 0.15) is 0 Å². The minimum atomic E-state index is -3.68. The van der Waals surface area contributed by atoms with E-state index in [9.17, 15) is 13.2 Å². The first kappa shape index (κ1) is 15.7. The van der Waals surface area contributed by atoms with Gasteiger partial charge in [-0.25, -0.2) is 17.9 Å². The first-order chi connectivity index (χ1) is 9.92. The second kappa shape index (κ2) is 6.41. The third-order valence-electron chi connectivity index (χ3n) is 3.74. The van der Waals surface area contributed by atoms with Crippen LogP contribution in [-0.4, -0.2) is 26.0 Å². The van der Waals surface area contributed by atoms with E-state index in [0.717, 1.165) is 19.3 Å². The summed E-state index contributed by atoms with van der Waals surface area (Å²) >= 11 is 0. The van der Waals surface area contributed by atoms with Crippen LogP contribution in [0.4, 0.5) is 0 Å². The van der Waals surface area contributed by atoms with Crippen LogP contribution in [0, 0.1) is 12.8 Å². The van der Waals surface area contributed by atoms with Crippen molar-refractivity contribution in [2.45, 2.75) is 31.1 Å². The molecule has 0 saturated carbocycles. The molecule has 0 saturated heterocycles. The largest absolute Gasteiger partial charge is 0.478 e. The number of carbonyl (C=O) groups is 1. The number of nitrogens with one attached hydrogen (secondary N) is 1. The van der Waals surface area contributed by atoms with Crippen LogP contribution in [0.1, 0.15) is 35.2 Å². The molecule has 0 bridgehead atoms. The van der Waals surface area contributed by atoms with E-state index in [-0.39, 0.29) is 16.0 Å². The second-order valence-electron chi connectivity index (χ2n) is 5.24. The zero-order valence-electron chi connectivity index (χ0n) is 11.9. The Morgan fingerprint density at radius 3 is 2.76 bits per heavy atom. The Kier molecular flexibility index (Phi) is 4.80. The van der Waals surface area contributed by atoms with E-state index < -0.39 is 16.0 Å². The van der Waals surface area contributed by atoms with E-state index in [1.54, 1.807) is 0 Å². The number of rotatable bonds is 5. The minimum Gasteiger partial charge on any atom is -0.478 e. The molecule has 0 heterocycles. The average Bonchev–Trinajstić information content (AvgIpc) is 2.46. The minimum absolute atomic E-state index is 0.0125. The Morgan fingerprint density at radius 1 is 1.38 bits per heavy atom. The molecule has 1 aromatic rings. The fraction of sp³-hybridized carbons (Fsp3) is 0.400. The maximum atomic E-state index is 12.3. The summed E-state index contributed by atoms with van der Waals surface area (Å²) in [5.41, 5.74) is 0.277. The highest BCUT2D eigenvalue weighted by atomic mass is 32.2. The quantitative estimate of drug-likeness (QED) is 0.818. The van der Waals surface area contributed by atoms with Crippen molar-refractivity contribution < 1.29 is 18.3 Å². The third-order valence-corrected chi connectivity index (χ3v) is 5.31. The van der Waals surface area contributed by atoms with Gasteiger partial charge in [-0.15, -0.1) is 0 Å². The lowest BCUT2D eigenvalue weighted by Crippen LogP contribution is -2.30. The molecule has 6 heteroatoms. The van der Waals surface area contributed by atoms with Crippen LogP contribution in [0.3, 0.4) is 0 Å². The summed E-state index contributed by atoms with van der Waals surface area (Å²) in [7, 11) is -3.68. The number of carboxylic acid groups (broad SMARTS) is 1. The predicted molar refractivity (Wildman–Crippen MR) is 79.8 cm³/mol. The number of benzene rings is 1. The molecule has 2 rings (SSSR count). The summed E-state index contributed by atoms with van der Waals surface area (Å²) in [5.74, 6) is -0.824. The summed E-state index contributed by atoms with van der Waals surface area (Å²) < 4.78 is 27.3. The third kappa shape index (κ3) is 3.71. The van der Waals surface area contributed by atoms with Gasteiger partial charge in [0.2, 0.25) is 10.0 Å². The molecule has 1 aliphatic rings. The molecule has 0 amide bonds. The van der Waals surface area contributed by atoms with E-state index in [1.807, 2.05) is 0 Å². The van der Waals surface area contributed by atoms with Crippen LogP contribution >= 0.6 is 0 Å². The van der Waals surface area contributed by atoms with E-state index in [0.29, 0.717) is 12.5 Å². The van der Waals surface area contributed by atoms with Gasteiger partial charge in [-0.2, -0.15) is 0 Å². The Hall–Kier alpha value is -1.66. The van der Waals surface area contributed by atoms with Gasteiger partial charge in [0.15, 0.2) is 0 Å². The fourth-order valence-electron chi connectivity index (χ4n) is 2.48. The Balaban J connectivity index is 2.17. The van der Waals surface area contributed by atoms with Gasteiger partial charge in [-0.05, 0) is 49.8 Å². The van der Waals surface area contributed by atoms with Gasteiger partial charge in [-0.3, -0.25) is 0 Å². The molecule has 1 aliphatic carbocycles. The molecule has 114 valence electrons. The maximum Gasteiger partial charge on any atom is 0.335 e. The monoisotopic (exact) mass is 309 g/mol. The van der Waals surface area contributed by atoms with E-state index >= 15 is 0 Å². The lowest BCUT2D eigenvalue weighted by molar-refractivity contribution is 0.0696.